The first kappa shape index (κ1) is 9.78. The molecule has 1 aromatic heterocycles. The predicted molar refractivity (Wildman–Crippen MR) is 64.8 cm³/mol. The van der Waals surface area contributed by atoms with E-state index < -0.39 is 0 Å². The number of aryl methyl sites for hydroxylation is 3. The minimum Gasteiger partial charge on any atom is -0.348 e. The fraction of sp³-hybridized carbons (Fsp3) is 0.333. The Hall–Kier alpha value is -0.760. The van der Waals surface area contributed by atoms with Gasteiger partial charge in [-0.15, -0.1) is 0 Å². The van der Waals surface area contributed by atoms with Gasteiger partial charge in [0.25, 0.3) is 0 Å². The van der Waals surface area contributed by atoms with Crippen LogP contribution in [0.3, 0.4) is 0 Å². The van der Waals surface area contributed by atoms with Crippen LogP contribution in [0, 0.1) is 20.8 Å². The molecule has 0 fully saturated rings. The summed E-state index contributed by atoms with van der Waals surface area (Å²) in [5, 5.41) is 1.39. The molecule has 0 N–H and O–H groups in total. The Balaban J connectivity index is 3.03. The molecule has 1 heterocycles. The van der Waals surface area contributed by atoms with E-state index in [0.717, 1.165) is 0 Å². The van der Waals surface area contributed by atoms with Crippen molar-refractivity contribution in [2.75, 3.05) is 0 Å². The lowest BCUT2D eigenvalue weighted by Gasteiger charge is -2.02. The summed E-state index contributed by atoms with van der Waals surface area (Å²) in [6.07, 6.45) is 0. The zero-order valence-electron chi connectivity index (χ0n) is 8.98. The van der Waals surface area contributed by atoms with E-state index in [1.165, 1.54) is 32.2 Å². The van der Waals surface area contributed by atoms with Crippen molar-refractivity contribution in [2.24, 2.45) is 7.05 Å². The fourth-order valence-electron chi connectivity index (χ4n) is 2.04. The van der Waals surface area contributed by atoms with Crippen molar-refractivity contribution >= 4 is 26.8 Å². The second-order valence-electron chi connectivity index (χ2n) is 3.84. The number of fused-ring (bicyclic) bond motifs is 1. The lowest BCUT2D eigenvalue weighted by atomic mass is 10.1. The Morgan fingerprint density at radius 2 is 1.71 bits per heavy atom. The standard InChI is InChI=1S/C12H14BrN/c1-7-9(3)14(4)11-6-5-10(13)8(2)12(7)11/h5-6H,1-4H3. The minimum absolute atomic E-state index is 1.19. The third kappa shape index (κ3) is 1.13. The summed E-state index contributed by atoms with van der Waals surface area (Å²) in [5.74, 6) is 0. The van der Waals surface area contributed by atoms with E-state index in [9.17, 15) is 0 Å². The largest absolute Gasteiger partial charge is 0.348 e. The maximum absolute atomic E-state index is 3.58. The molecular weight excluding hydrogens is 238 g/mol. The molecule has 0 atom stereocenters. The maximum Gasteiger partial charge on any atom is 0.0486 e. The molecule has 14 heavy (non-hydrogen) atoms. The van der Waals surface area contributed by atoms with Gasteiger partial charge in [0, 0.05) is 28.1 Å². The summed E-state index contributed by atoms with van der Waals surface area (Å²) in [6.45, 7) is 6.53. The van der Waals surface area contributed by atoms with Crippen LogP contribution < -0.4 is 0 Å². The van der Waals surface area contributed by atoms with Gasteiger partial charge < -0.3 is 4.57 Å². The summed E-state index contributed by atoms with van der Waals surface area (Å²) in [5.41, 5.74) is 5.40. The van der Waals surface area contributed by atoms with Crippen molar-refractivity contribution in [3.63, 3.8) is 0 Å². The molecule has 2 heteroatoms. The van der Waals surface area contributed by atoms with Gasteiger partial charge in [-0.25, -0.2) is 0 Å². The molecule has 0 bridgehead atoms. The van der Waals surface area contributed by atoms with Gasteiger partial charge in [-0.05, 0) is 44.0 Å². The predicted octanol–water partition coefficient (Wildman–Crippen LogP) is 3.87. The SMILES string of the molecule is Cc1c(Br)ccc2c1c(C)c(C)n2C. The van der Waals surface area contributed by atoms with E-state index in [-0.39, 0.29) is 0 Å². The lowest BCUT2D eigenvalue weighted by Crippen LogP contribution is -1.89. The minimum atomic E-state index is 1.19. The van der Waals surface area contributed by atoms with Gasteiger partial charge in [0.2, 0.25) is 0 Å². The Bertz CT molecular complexity index is 509. The third-order valence-electron chi connectivity index (χ3n) is 3.16. The van der Waals surface area contributed by atoms with Crippen LogP contribution in [-0.2, 0) is 7.05 Å². The molecule has 0 unspecified atom stereocenters. The zero-order chi connectivity index (χ0) is 10.5. The van der Waals surface area contributed by atoms with Gasteiger partial charge in [0.15, 0.2) is 0 Å². The van der Waals surface area contributed by atoms with E-state index in [1.54, 1.807) is 0 Å². The Labute approximate surface area is 92.9 Å². The van der Waals surface area contributed by atoms with Crippen LogP contribution >= 0.6 is 15.9 Å². The van der Waals surface area contributed by atoms with E-state index >= 15 is 0 Å². The summed E-state index contributed by atoms with van der Waals surface area (Å²) in [4.78, 5) is 0. The van der Waals surface area contributed by atoms with E-state index in [2.05, 4.69) is 60.4 Å². The molecule has 0 amide bonds. The topological polar surface area (TPSA) is 4.93 Å². The van der Waals surface area contributed by atoms with Gasteiger partial charge >= 0.3 is 0 Å². The van der Waals surface area contributed by atoms with Crippen LogP contribution in [0.2, 0.25) is 0 Å². The van der Waals surface area contributed by atoms with Crippen LogP contribution in [0.25, 0.3) is 10.9 Å². The molecule has 0 saturated heterocycles. The van der Waals surface area contributed by atoms with Crippen molar-refractivity contribution in [3.8, 4) is 0 Å². The summed E-state index contributed by atoms with van der Waals surface area (Å²) < 4.78 is 3.45. The number of halogens is 1. The Morgan fingerprint density at radius 1 is 1.07 bits per heavy atom. The first-order chi connectivity index (χ1) is 6.54. The Morgan fingerprint density at radius 3 is 2.36 bits per heavy atom. The second-order valence-corrected chi connectivity index (χ2v) is 4.69. The highest BCUT2D eigenvalue weighted by Crippen LogP contribution is 2.31. The molecule has 0 aliphatic rings. The van der Waals surface area contributed by atoms with E-state index in [1.807, 2.05) is 0 Å². The van der Waals surface area contributed by atoms with Crippen molar-refractivity contribution < 1.29 is 0 Å². The van der Waals surface area contributed by atoms with Gasteiger partial charge in [-0.1, -0.05) is 15.9 Å². The van der Waals surface area contributed by atoms with Crippen LogP contribution in [0.1, 0.15) is 16.8 Å². The fourth-order valence-corrected chi connectivity index (χ4v) is 2.37. The van der Waals surface area contributed by atoms with Crippen LogP contribution in [-0.4, -0.2) is 4.57 Å². The lowest BCUT2D eigenvalue weighted by molar-refractivity contribution is 0.910. The van der Waals surface area contributed by atoms with Crippen molar-refractivity contribution in [3.05, 3.63) is 33.4 Å². The highest BCUT2D eigenvalue weighted by atomic mass is 79.9. The molecule has 2 aromatic rings. The molecule has 74 valence electrons. The first-order valence-electron chi connectivity index (χ1n) is 4.74. The molecule has 2 rings (SSSR count). The summed E-state index contributed by atoms with van der Waals surface area (Å²) >= 11 is 3.58. The van der Waals surface area contributed by atoms with Gasteiger partial charge in [-0.2, -0.15) is 0 Å². The monoisotopic (exact) mass is 251 g/mol. The number of rotatable bonds is 0. The quantitative estimate of drug-likeness (QED) is 0.670. The van der Waals surface area contributed by atoms with Crippen LogP contribution in [0.4, 0.5) is 0 Å². The van der Waals surface area contributed by atoms with E-state index in [4.69, 9.17) is 0 Å². The Kier molecular flexibility index (Phi) is 2.18. The highest BCUT2D eigenvalue weighted by Gasteiger charge is 2.11. The molecule has 1 nitrogen and oxygen atoms in total. The van der Waals surface area contributed by atoms with Gasteiger partial charge in [0.05, 0.1) is 0 Å². The van der Waals surface area contributed by atoms with Crippen molar-refractivity contribution in [1.82, 2.24) is 4.57 Å². The van der Waals surface area contributed by atoms with E-state index in [0.29, 0.717) is 0 Å². The smallest absolute Gasteiger partial charge is 0.0486 e. The first-order valence-corrected chi connectivity index (χ1v) is 5.54. The average Bonchev–Trinajstić information content (AvgIpc) is 2.38. The van der Waals surface area contributed by atoms with Crippen molar-refractivity contribution in [1.29, 1.82) is 0 Å². The number of hydrogen-bond acceptors (Lipinski definition) is 0. The average molecular weight is 252 g/mol. The van der Waals surface area contributed by atoms with Gasteiger partial charge in [-0.3, -0.25) is 0 Å². The van der Waals surface area contributed by atoms with Gasteiger partial charge in [0.1, 0.15) is 0 Å². The summed E-state index contributed by atoms with van der Waals surface area (Å²) in [7, 11) is 2.12. The van der Waals surface area contributed by atoms with Crippen LogP contribution in [0.15, 0.2) is 16.6 Å². The zero-order valence-corrected chi connectivity index (χ0v) is 10.6. The number of aromatic nitrogens is 1. The third-order valence-corrected chi connectivity index (χ3v) is 4.02. The maximum atomic E-state index is 3.58. The highest BCUT2D eigenvalue weighted by molar-refractivity contribution is 9.10. The number of hydrogen-bond donors (Lipinski definition) is 0. The van der Waals surface area contributed by atoms with Crippen molar-refractivity contribution in [2.45, 2.75) is 20.8 Å². The molecule has 0 radical (unpaired) electrons. The molecular formula is C12H14BrN. The molecule has 0 aliphatic heterocycles. The molecule has 0 spiro atoms. The van der Waals surface area contributed by atoms with Crippen LogP contribution in [0.5, 0.6) is 0 Å². The molecule has 0 saturated carbocycles. The molecule has 0 aliphatic carbocycles. The second kappa shape index (κ2) is 3.13. The normalized spacial score (nSPS) is 11.2. The number of benzene rings is 1. The number of nitrogens with zero attached hydrogens (tertiary/aromatic N) is 1. The molecule has 1 aromatic carbocycles. The summed E-state index contributed by atoms with van der Waals surface area (Å²) in [6, 6.07) is 4.29.